The highest BCUT2D eigenvalue weighted by Gasteiger charge is 2.36. The maximum Gasteiger partial charge on any atom is 0.338 e. The summed E-state index contributed by atoms with van der Waals surface area (Å²) in [5, 5.41) is 13.4. The SMILES string of the molecule is C[C@@H](OC(=O)c1ccc2c(c1)C(=O)N(Cc1ccco1)C2=O)C(=O)Nc1cc([N+](=O)[O-])ccc1Cl. The van der Waals surface area contributed by atoms with E-state index in [1.54, 1.807) is 12.1 Å². The van der Waals surface area contributed by atoms with Gasteiger partial charge in [-0.1, -0.05) is 11.6 Å². The van der Waals surface area contributed by atoms with Gasteiger partial charge in [-0.15, -0.1) is 0 Å². The normalized spacial score (nSPS) is 13.4. The van der Waals surface area contributed by atoms with Gasteiger partial charge in [-0.25, -0.2) is 4.79 Å². The summed E-state index contributed by atoms with van der Waals surface area (Å²) in [5.41, 5.74) is -0.196. The predicted octanol–water partition coefficient (Wildman–Crippen LogP) is 3.82. The Balaban J connectivity index is 1.45. The molecule has 0 bridgehead atoms. The minimum absolute atomic E-state index is 0.0212. The van der Waals surface area contributed by atoms with Crippen molar-refractivity contribution in [3.8, 4) is 0 Å². The lowest BCUT2D eigenvalue weighted by Crippen LogP contribution is -2.30. The molecule has 1 atom stereocenters. The van der Waals surface area contributed by atoms with Crippen LogP contribution in [0.15, 0.2) is 59.2 Å². The molecule has 0 spiro atoms. The number of non-ortho nitro benzene ring substituents is 1. The molecule has 11 nitrogen and oxygen atoms in total. The summed E-state index contributed by atoms with van der Waals surface area (Å²) < 4.78 is 10.4. The first-order valence-corrected chi connectivity index (χ1v) is 10.5. The number of ether oxygens (including phenoxy) is 1. The van der Waals surface area contributed by atoms with E-state index >= 15 is 0 Å². The van der Waals surface area contributed by atoms with Crippen LogP contribution in [0.5, 0.6) is 0 Å². The van der Waals surface area contributed by atoms with Crippen LogP contribution in [0.4, 0.5) is 11.4 Å². The summed E-state index contributed by atoms with van der Waals surface area (Å²) in [6.45, 7) is 1.24. The third-order valence-corrected chi connectivity index (χ3v) is 5.50. The number of anilines is 1. The minimum Gasteiger partial charge on any atom is -0.467 e. The third kappa shape index (κ3) is 4.75. The van der Waals surface area contributed by atoms with Crippen LogP contribution in [0.25, 0.3) is 0 Å². The Bertz CT molecular complexity index is 1370. The number of nitrogens with zero attached hydrogens (tertiary/aromatic N) is 2. The van der Waals surface area contributed by atoms with Crippen LogP contribution in [0.3, 0.4) is 0 Å². The Hall–Kier alpha value is -4.51. The van der Waals surface area contributed by atoms with Crippen LogP contribution in [-0.4, -0.2) is 39.6 Å². The topological polar surface area (TPSA) is 149 Å². The van der Waals surface area contributed by atoms with Gasteiger partial charge < -0.3 is 14.5 Å². The van der Waals surface area contributed by atoms with Crippen LogP contribution < -0.4 is 5.32 Å². The van der Waals surface area contributed by atoms with Crippen molar-refractivity contribution in [2.45, 2.75) is 19.6 Å². The Labute approximate surface area is 202 Å². The Morgan fingerprint density at radius 3 is 2.57 bits per heavy atom. The second-order valence-electron chi connectivity index (χ2n) is 7.49. The number of nitro groups is 1. The maximum atomic E-state index is 12.7. The minimum atomic E-state index is -1.31. The number of nitrogens with one attached hydrogen (secondary N) is 1. The van der Waals surface area contributed by atoms with Crippen molar-refractivity contribution in [1.29, 1.82) is 0 Å². The van der Waals surface area contributed by atoms with E-state index in [1.807, 2.05) is 0 Å². The standard InChI is InChI=1S/C23H16ClN3O8/c1-12(20(28)25-19-10-14(27(32)33)5-7-18(19)24)35-23(31)13-4-6-16-17(9-13)22(30)26(21(16)29)11-15-3-2-8-34-15/h2-10,12H,11H2,1H3,(H,25,28)/t12-/m1/s1. The number of halogens is 1. The molecular weight excluding hydrogens is 482 g/mol. The molecule has 2 aromatic carbocycles. The monoisotopic (exact) mass is 497 g/mol. The van der Waals surface area contributed by atoms with Crippen molar-refractivity contribution in [1.82, 2.24) is 4.90 Å². The zero-order chi connectivity index (χ0) is 25.3. The molecule has 3 amide bonds. The van der Waals surface area contributed by atoms with Gasteiger partial charge in [0.05, 0.1) is 45.1 Å². The number of hydrogen-bond donors (Lipinski definition) is 1. The average Bonchev–Trinajstić information content (AvgIpc) is 3.43. The zero-order valence-electron chi connectivity index (χ0n) is 18.0. The largest absolute Gasteiger partial charge is 0.467 e. The Morgan fingerprint density at radius 1 is 1.14 bits per heavy atom. The molecule has 0 radical (unpaired) electrons. The van der Waals surface area contributed by atoms with E-state index in [4.69, 9.17) is 20.8 Å². The molecule has 1 aliphatic rings. The number of fused-ring (bicyclic) bond motifs is 1. The Kier molecular flexibility index (Phi) is 6.34. The number of amides is 3. The lowest BCUT2D eigenvalue weighted by molar-refractivity contribution is -0.384. The molecular formula is C23H16ClN3O8. The summed E-state index contributed by atoms with van der Waals surface area (Å²) in [6.07, 6.45) is 0.116. The number of carbonyl (C=O) groups excluding carboxylic acids is 4. The molecule has 0 saturated carbocycles. The highest BCUT2D eigenvalue weighted by Crippen LogP contribution is 2.28. The first-order valence-electron chi connectivity index (χ1n) is 10.1. The summed E-state index contributed by atoms with van der Waals surface area (Å²) in [5.74, 6) is -2.39. The number of furan rings is 1. The fourth-order valence-corrected chi connectivity index (χ4v) is 3.52. The molecule has 35 heavy (non-hydrogen) atoms. The van der Waals surface area contributed by atoms with Gasteiger partial charge in [0, 0.05) is 12.1 Å². The molecule has 3 aromatic rings. The molecule has 12 heteroatoms. The van der Waals surface area contributed by atoms with Crippen LogP contribution in [-0.2, 0) is 16.1 Å². The van der Waals surface area contributed by atoms with E-state index < -0.39 is 34.7 Å². The Morgan fingerprint density at radius 2 is 1.89 bits per heavy atom. The van der Waals surface area contributed by atoms with Crippen molar-refractivity contribution in [2.24, 2.45) is 0 Å². The second-order valence-corrected chi connectivity index (χ2v) is 7.90. The number of carbonyl (C=O) groups is 4. The first kappa shape index (κ1) is 23.6. The van der Waals surface area contributed by atoms with Gasteiger partial charge in [0.2, 0.25) is 0 Å². The molecule has 0 unspecified atom stereocenters. The molecule has 4 rings (SSSR count). The van der Waals surface area contributed by atoms with Gasteiger partial charge >= 0.3 is 5.97 Å². The van der Waals surface area contributed by atoms with Crippen LogP contribution in [0, 0.1) is 10.1 Å². The predicted molar refractivity (Wildman–Crippen MR) is 121 cm³/mol. The van der Waals surface area contributed by atoms with Crippen molar-refractivity contribution in [3.63, 3.8) is 0 Å². The van der Waals surface area contributed by atoms with Gasteiger partial charge in [-0.2, -0.15) is 0 Å². The van der Waals surface area contributed by atoms with Gasteiger partial charge in [-0.3, -0.25) is 29.4 Å². The molecule has 0 fully saturated rings. The van der Waals surface area contributed by atoms with E-state index in [9.17, 15) is 29.3 Å². The number of hydrogen-bond acceptors (Lipinski definition) is 8. The molecule has 0 saturated heterocycles. The van der Waals surface area contributed by atoms with Gasteiger partial charge in [0.1, 0.15) is 5.76 Å². The van der Waals surface area contributed by atoms with Gasteiger partial charge in [0.15, 0.2) is 6.10 Å². The molecule has 1 aliphatic heterocycles. The number of benzene rings is 2. The highest BCUT2D eigenvalue weighted by atomic mass is 35.5. The van der Waals surface area contributed by atoms with Gasteiger partial charge in [-0.05, 0) is 43.3 Å². The first-order chi connectivity index (χ1) is 16.7. The third-order valence-electron chi connectivity index (χ3n) is 5.17. The van der Waals surface area contributed by atoms with Crippen LogP contribution in [0.1, 0.15) is 43.8 Å². The highest BCUT2D eigenvalue weighted by molar-refractivity contribution is 6.33. The van der Waals surface area contributed by atoms with Crippen LogP contribution in [0.2, 0.25) is 5.02 Å². The zero-order valence-corrected chi connectivity index (χ0v) is 18.8. The quantitative estimate of drug-likeness (QED) is 0.224. The maximum absolute atomic E-state index is 12.7. The van der Waals surface area contributed by atoms with E-state index in [-0.39, 0.29) is 39.6 Å². The average molecular weight is 498 g/mol. The van der Waals surface area contributed by atoms with Crippen molar-refractivity contribution in [3.05, 3.63) is 92.4 Å². The van der Waals surface area contributed by atoms with Crippen molar-refractivity contribution < 1.29 is 33.3 Å². The lowest BCUT2D eigenvalue weighted by atomic mass is 10.1. The number of rotatable bonds is 7. The van der Waals surface area contributed by atoms with Crippen molar-refractivity contribution in [2.75, 3.05) is 5.32 Å². The molecule has 2 heterocycles. The molecule has 0 aliphatic carbocycles. The second kappa shape index (κ2) is 9.39. The fraction of sp³-hybridized carbons (Fsp3) is 0.130. The number of imide groups is 1. The van der Waals surface area contributed by atoms with E-state index in [1.165, 1.54) is 43.5 Å². The van der Waals surface area contributed by atoms with E-state index in [0.29, 0.717) is 5.76 Å². The lowest BCUT2D eigenvalue weighted by Gasteiger charge is -2.14. The fourth-order valence-electron chi connectivity index (χ4n) is 3.36. The van der Waals surface area contributed by atoms with Crippen molar-refractivity contribution >= 4 is 46.7 Å². The molecule has 178 valence electrons. The number of nitro benzene ring substituents is 1. The molecule has 1 N–H and O–H groups in total. The van der Waals surface area contributed by atoms with Gasteiger partial charge in [0.25, 0.3) is 23.4 Å². The van der Waals surface area contributed by atoms with E-state index in [2.05, 4.69) is 5.32 Å². The van der Waals surface area contributed by atoms with E-state index in [0.717, 1.165) is 11.0 Å². The summed E-state index contributed by atoms with van der Waals surface area (Å²) in [4.78, 5) is 61.7. The summed E-state index contributed by atoms with van der Waals surface area (Å²) in [6, 6.07) is 10.6. The smallest absolute Gasteiger partial charge is 0.338 e. The summed E-state index contributed by atoms with van der Waals surface area (Å²) >= 11 is 5.97. The number of esters is 1. The summed E-state index contributed by atoms with van der Waals surface area (Å²) in [7, 11) is 0. The molecule has 1 aromatic heterocycles. The van der Waals surface area contributed by atoms with Crippen LogP contribution >= 0.6 is 11.6 Å².